The molecule has 1 amide bonds. The number of anilines is 2. The molecule has 0 saturated heterocycles. The number of nitro groups is 1. The van der Waals surface area contributed by atoms with E-state index in [4.69, 9.17) is 0 Å². The highest BCUT2D eigenvalue weighted by Crippen LogP contribution is 2.41. The molecule has 1 aliphatic heterocycles. The molecule has 3 aromatic rings. The number of hydrogen-bond donors (Lipinski definition) is 1. The molecule has 148 valence electrons. The van der Waals surface area contributed by atoms with Crippen molar-refractivity contribution < 1.29 is 18.1 Å². The molecule has 0 aromatic heterocycles. The smallest absolute Gasteiger partial charge is 0.271 e. The SMILES string of the molecule is O=C(CCCN1c2cccc3cccc(c23)S1(=O)=O)Nc1cccc([N+](=O)[O-])c1. The van der Waals surface area contributed by atoms with Crippen LogP contribution in [0.15, 0.2) is 65.6 Å². The number of carbonyl (C=O) groups is 1. The standard InChI is InChI=1S/C20H17N3O5S/c24-19(21-15-7-3-8-16(13-15)23(25)26)11-4-12-22-17-9-1-5-14-6-2-10-18(20(14)17)29(22,27)28/h1-3,5-10,13H,4,11-12H2,(H,21,24). The van der Waals surface area contributed by atoms with Crippen molar-refractivity contribution in [1.82, 2.24) is 0 Å². The molecule has 0 unspecified atom stereocenters. The lowest BCUT2D eigenvalue weighted by Crippen LogP contribution is -2.28. The summed E-state index contributed by atoms with van der Waals surface area (Å²) in [7, 11) is -3.64. The molecule has 8 nitrogen and oxygen atoms in total. The van der Waals surface area contributed by atoms with E-state index >= 15 is 0 Å². The molecular formula is C20H17N3O5S. The zero-order valence-electron chi connectivity index (χ0n) is 15.2. The van der Waals surface area contributed by atoms with Crippen LogP contribution in [0.25, 0.3) is 10.8 Å². The Hall–Kier alpha value is -3.46. The van der Waals surface area contributed by atoms with Gasteiger partial charge < -0.3 is 5.32 Å². The Kier molecular flexibility index (Phi) is 4.67. The number of rotatable bonds is 6. The summed E-state index contributed by atoms with van der Waals surface area (Å²) in [5, 5.41) is 15.0. The highest BCUT2D eigenvalue weighted by Gasteiger charge is 2.35. The molecule has 0 atom stereocenters. The van der Waals surface area contributed by atoms with Crippen molar-refractivity contribution in [2.45, 2.75) is 17.7 Å². The maximum atomic E-state index is 12.9. The van der Waals surface area contributed by atoms with E-state index in [0.717, 1.165) is 5.39 Å². The predicted octanol–water partition coefficient (Wildman–Crippen LogP) is 3.68. The van der Waals surface area contributed by atoms with Crippen molar-refractivity contribution in [3.8, 4) is 0 Å². The summed E-state index contributed by atoms with van der Waals surface area (Å²) in [6, 6.07) is 16.3. The van der Waals surface area contributed by atoms with Crippen molar-refractivity contribution in [2.24, 2.45) is 0 Å². The predicted molar refractivity (Wildman–Crippen MR) is 109 cm³/mol. The zero-order valence-corrected chi connectivity index (χ0v) is 16.1. The summed E-state index contributed by atoms with van der Waals surface area (Å²) < 4.78 is 27.1. The first kappa shape index (κ1) is 18.9. The average molecular weight is 411 g/mol. The Morgan fingerprint density at radius 1 is 1.07 bits per heavy atom. The van der Waals surface area contributed by atoms with Crippen LogP contribution in [0.2, 0.25) is 0 Å². The molecule has 0 saturated carbocycles. The summed E-state index contributed by atoms with van der Waals surface area (Å²) in [6.07, 6.45) is 0.394. The van der Waals surface area contributed by atoms with Crippen LogP contribution in [0.3, 0.4) is 0 Å². The molecule has 29 heavy (non-hydrogen) atoms. The van der Waals surface area contributed by atoms with Gasteiger partial charge in [-0.3, -0.25) is 19.2 Å². The summed E-state index contributed by atoms with van der Waals surface area (Å²) >= 11 is 0. The third kappa shape index (κ3) is 3.40. The molecular weight excluding hydrogens is 394 g/mol. The van der Waals surface area contributed by atoms with Gasteiger partial charge in [0.1, 0.15) is 0 Å². The highest BCUT2D eigenvalue weighted by molar-refractivity contribution is 7.93. The maximum absolute atomic E-state index is 12.9. The first-order chi connectivity index (χ1) is 13.9. The minimum Gasteiger partial charge on any atom is -0.326 e. The van der Waals surface area contributed by atoms with Crippen LogP contribution in [0.4, 0.5) is 17.1 Å². The number of nitrogens with zero attached hydrogens (tertiary/aromatic N) is 2. The summed E-state index contributed by atoms with van der Waals surface area (Å²) in [4.78, 5) is 22.8. The van der Waals surface area contributed by atoms with Crippen LogP contribution >= 0.6 is 0 Å². The Labute approximate surface area is 167 Å². The van der Waals surface area contributed by atoms with Crippen LogP contribution in [0.5, 0.6) is 0 Å². The van der Waals surface area contributed by atoms with Gasteiger partial charge in [-0.15, -0.1) is 0 Å². The molecule has 1 heterocycles. The van der Waals surface area contributed by atoms with Gasteiger partial charge in [0.2, 0.25) is 5.91 Å². The minimum absolute atomic E-state index is 0.0844. The number of amides is 1. The third-order valence-electron chi connectivity index (χ3n) is 4.79. The second-order valence-electron chi connectivity index (χ2n) is 6.67. The van der Waals surface area contributed by atoms with Crippen molar-refractivity contribution in [1.29, 1.82) is 0 Å². The number of nitrogens with one attached hydrogen (secondary N) is 1. The maximum Gasteiger partial charge on any atom is 0.271 e. The van der Waals surface area contributed by atoms with E-state index in [1.54, 1.807) is 24.3 Å². The average Bonchev–Trinajstić information content (AvgIpc) is 2.91. The molecule has 0 spiro atoms. The van der Waals surface area contributed by atoms with Crippen molar-refractivity contribution in [3.63, 3.8) is 0 Å². The summed E-state index contributed by atoms with van der Waals surface area (Å²) in [5.74, 6) is -0.335. The zero-order chi connectivity index (χ0) is 20.6. The third-order valence-corrected chi connectivity index (χ3v) is 6.64. The first-order valence-electron chi connectivity index (χ1n) is 8.97. The van der Waals surface area contributed by atoms with Gasteiger partial charge >= 0.3 is 0 Å². The van der Waals surface area contributed by atoms with Gasteiger partial charge in [0.15, 0.2) is 0 Å². The lowest BCUT2D eigenvalue weighted by atomic mass is 10.1. The molecule has 1 aliphatic rings. The molecule has 1 N–H and O–H groups in total. The quantitative estimate of drug-likeness (QED) is 0.491. The van der Waals surface area contributed by atoms with Crippen LogP contribution < -0.4 is 9.62 Å². The van der Waals surface area contributed by atoms with Crippen molar-refractivity contribution in [3.05, 3.63) is 70.8 Å². The Balaban J connectivity index is 1.44. The summed E-state index contributed by atoms with van der Waals surface area (Å²) in [5.41, 5.74) is 0.837. The van der Waals surface area contributed by atoms with Gasteiger partial charge in [0.25, 0.3) is 15.7 Å². The van der Waals surface area contributed by atoms with Crippen molar-refractivity contribution in [2.75, 3.05) is 16.2 Å². The van der Waals surface area contributed by atoms with E-state index in [9.17, 15) is 23.3 Å². The number of benzene rings is 3. The van der Waals surface area contributed by atoms with Gasteiger partial charge in [0, 0.05) is 36.2 Å². The fraction of sp³-hybridized carbons (Fsp3) is 0.150. The van der Waals surface area contributed by atoms with Crippen LogP contribution in [0, 0.1) is 10.1 Å². The molecule has 0 radical (unpaired) electrons. The van der Waals surface area contributed by atoms with E-state index in [0.29, 0.717) is 23.2 Å². The lowest BCUT2D eigenvalue weighted by Gasteiger charge is -2.18. The summed E-state index contributed by atoms with van der Waals surface area (Å²) in [6.45, 7) is 0.165. The van der Waals surface area contributed by atoms with Gasteiger partial charge in [0.05, 0.1) is 15.5 Å². The largest absolute Gasteiger partial charge is 0.326 e. The van der Waals surface area contributed by atoms with E-state index in [2.05, 4.69) is 5.32 Å². The Morgan fingerprint density at radius 2 is 1.79 bits per heavy atom. The second-order valence-corrected chi connectivity index (χ2v) is 8.50. The minimum atomic E-state index is -3.64. The van der Waals surface area contributed by atoms with E-state index in [1.165, 1.54) is 22.5 Å². The molecule has 0 aliphatic carbocycles. The van der Waals surface area contributed by atoms with Crippen LogP contribution in [-0.2, 0) is 14.8 Å². The fourth-order valence-corrected chi connectivity index (χ4v) is 5.25. The Bertz CT molecular complexity index is 1230. The van der Waals surface area contributed by atoms with Crippen LogP contribution in [0.1, 0.15) is 12.8 Å². The van der Waals surface area contributed by atoms with Crippen LogP contribution in [-0.4, -0.2) is 25.8 Å². The molecule has 9 heteroatoms. The number of nitro benzene ring substituents is 1. The monoisotopic (exact) mass is 411 g/mol. The normalized spacial score (nSPS) is 14.1. The van der Waals surface area contributed by atoms with Gasteiger partial charge in [-0.1, -0.05) is 30.3 Å². The van der Waals surface area contributed by atoms with E-state index < -0.39 is 14.9 Å². The topological polar surface area (TPSA) is 110 Å². The van der Waals surface area contributed by atoms with Gasteiger partial charge in [-0.05, 0) is 30.0 Å². The Morgan fingerprint density at radius 3 is 2.55 bits per heavy atom. The highest BCUT2D eigenvalue weighted by atomic mass is 32.2. The van der Waals surface area contributed by atoms with Gasteiger partial charge in [-0.2, -0.15) is 0 Å². The van der Waals surface area contributed by atoms with Gasteiger partial charge in [-0.25, -0.2) is 8.42 Å². The number of hydrogen-bond acceptors (Lipinski definition) is 5. The number of sulfonamides is 1. The number of non-ortho nitro benzene ring substituents is 1. The second kappa shape index (κ2) is 7.17. The fourth-order valence-electron chi connectivity index (χ4n) is 3.50. The first-order valence-corrected chi connectivity index (χ1v) is 10.4. The number of carbonyl (C=O) groups excluding carboxylic acids is 1. The van der Waals surface area contributed by atoms with E-state index in [-0.39, 0.29) is 29.5 Å². The van der Waals surface area contributed by atoms with Crippen molar-refractivity contribution >= 4 is 43.8 Å². The van der Waals surface area contributed by atoms with E-state index in [1.807, 2.05) is 18.2 Å². The lowest BCUT2D eigenvalue weighted by molar-refractivity contribution is -0.384. The molecule has 3 aromatic carbocycles. The molecule has 0 fully saturated rings. The molecule has 4 rings (SSSR count). The molecule has 0 bridgehead atoms.